The molecule has 3 rings (SSSR count). The number of carbonyl (C=O) groups is 1. The Morgan fingerprint density at radius 3 is 2.53 bits per heavy atom. The molecule has 0 bridgehead atoms. The molecule has 1 N–H and O–H groups in total. The van der Waals surface area contributed by atoms with Crippen LogP contribution >= 0.6 is 0 Å². The van der Waals surface area contributed by atoms with Crippen LogP contribution in [0.25, 0.3) is 0 Å². The van der Waals surface area contributed by atoms with Crippen LogP contribution in [-0.4, -0.2) is 34.6 Å². The van der Waals surface area contributed by atoms with Gasteiger partial charge in [-0.1, -0.05) is 20.8 Å². The molecule has 1 saturated heterocycles. The minimum absolute atomic E-state index is 0.00205. The molecule has 0 spiro atoms. The van der Waals surface area contributed by atoms with Crippen LogP contribution in [0.15, 0.2) is 24.3 Å². The first kappa shape index (κ1) is 22.2. The molecule has 0 unspecified atom stereocenters. The van der Waals surface area contributed by atoms with Crippen LogP contribution in [0.2, 0.25) is 0 Å². The summed E-state index contributed by atoms with van der Waals surface area (Å²) in [6.45, 7) is 5.89. The van der Waals surface area contributed by atoms with Gasteiger partial charge in [0.2, 0.25) is 0 Å². The van der Waals surface area contributed by atoms with Gasteiger partial charge in [-0.05, 0) is 18.2 Å². The molecular formula is C20H22F5N3O2. The van der Waals surface area contributed by atoms with Gasteiger partial charge < -0.3 is 10.1 Å². The number of alkyl halides is 4. The minimum atomic E-state index is -4.72. The number of carbonyl (C=O) groups excluding carboxylic acids is 1. The highest BCUT2D eigenvalue weighted by Gasteiger charge is 2.33. The standard InChI is InChI=1S/C20H22F5N3O2/c1-19(2,3)16-9-17(28(27-16)10-15-14(22)6-7-30-15)26-18(29)12-8-11(20(23,24)25)4-5-13(12)21/h4-5,8-9,14-15H,6-7,10H2,1-3H3,(H,26,29)/t14-,15-/m1/s1. The van der Waals surface area contributed by atoms with Crippen molar-refractivity contribution in [2.45, 2.75) is 57.6 Å². The van der Waals surface area contributed by atoms with Crippen LogP contribution in [0.4, 0.5) is 27.8 Å². The first-order valence-electron chi connectivity index (χ1n) is 9.38. The summed E-state index contributed by atoms with van der Waals surface area (Å²) >= 11 is 0. The summed E-state index contributed by atoms with van der Waals surface area (Å²) < 4.78 is 73.5. The van der Waals surface area contributed by atoms with Crippen LogP contribution in [0.1, 0.15) is 48.8 Å². The maximum absolute atomic E-state index is 14.1. The second-order valence-electron chi connectivity index (χ2n) is 8.21. The Hall–Kier alpha value is -2.49. The second-order valence-corrected chi connectivity index (χ2v) is 8.21. The largest absolute Gasteiger partial charge is 0.416 e. The molecule has 1 amide bonds. The third kappa shape index (κ3) is 4.80. The Labute approximate surface area is 170 Å². The third-order valence-electron chi connectivity index (χ3n) is 4.81. The maximum Gasteiger partial charge on any atom is 0.416 e. The number of nitrogens with zero attached hydrogens (tertiary/aromatic N) is 2. The molecule has 2 heterocycles. The number of nitrogens with one attached hydrogen (secondary N) is 1. The van der Waals surface area contributed by atoms with Gasteiger partial charge in [-0.15, -0.1) is 0 Å². The molecule has 2 aromatic rings. The molecule has 1 aromatic carbocycles. The molecular weight excluding hydrogens is 409 g/mol. The molecule has 0 saturated carbocycles. The lowest BCUT2D eigenvalue weighted by Crippen LogP contribution is -2.26. The van der Waals surface area contributed by atoms with Crippen LogP contribution in [0, 0.1) is 5.82 Å². The first-order valence-corrected chi connectivity index (χ1v) is 9.38. The Morgan fingerprint density at radius 2 is 1.97 bits per heavy atom. The van der Waals surface area contributed by atoms with Crippen LogP contribution in [-0.2, 0) is 22.9 Å². The number of rotatable bonds is 4. The maximum atomic E-state index is 14.1. The zero-order chi connectivity index (χ0) is 22.3. The molecule has 10 heteroatoms. The Balaban J connectivity index is 1.91. The van der Waals surface area contributed by atoms with Crippen molar-refractivity contribution in [2.24, 2.45) is 0 Å². The third-order valence-corrected chi connectivity index (χ3v) is 4.81. The van der Waals surface area contributed by atoms with Gasteiger partial charge in [-0.25, -0.2) is 13.5 Å². The van der Waals surface area contributed by atoms with E-state index >= 15 is 0 Å². The van der Waals surface area contributed by atoms with Gasteiger partial charge in [0.05, 0.1) is 30.0 Å². The van der Waals surface area contributed by atoms with Crippen molar-refractivity contribution in [1.29, 1.82) is 0 Å². The normalized spacial score (nSPS) is 19.9. The van der Waals surface area contributed by atoms with Crippen molar-refractivity contribution in [3.8, 4) is 0 Å². The first-order chi connectivity index (χ1) is 13.9. The predicted octanol–water partition coefficient (Wildman–Crippen LogP) is 4.72. The quantitative estimate of drug-likeness (QED) is 0.713. The van der Waals surface area contributed by atoms with E-state index in [0.717, 1.165) is 0 Å². The lowest BCUT2D eigenvalue weighted by molar-refractivity contribution is -0.137. The molecule has 1 aliphatic heterocycles. The van der Waals surface area contributed by atoms with Crippen LogP contribution in [0.5, 0.6) is 0 Å². The van der Waals surface area contributed by atoms with Crippen LogP contribution < -0.4 is 5.32 Å². The SMILES string of the molecule is CC(C)(C)c1cc(NC(=O)c2cc(C(F)(F)F)ccc2F)n(C[C@H]2OCC[C@H]2F)n1. The van der Waals surface area contributed by atoms with Gasteiger partial charge in [-0.2, -0.15) is 18.3 Å². The summed E-state index contributed by atoms with van der Waals surface area (Å²) in [5, 5.41) is 6.79. The molecule has 0 aliphatic carbocycles. The highest BCUT2D eigenvalue weighted by atomic mass is 19.4. The highest BCUT2D eigenvalue weighted by molar-refractivity contribution is 6.04. The number of ether oxygens (including phenoxy) is 1. The number of anilines is 1. The molecule has 0 radical (unpaired) electrons. The Morgan fingerprint density at radius 1 is 1.27 bits per heavy atom. The van der Waals surface area contributed by atoms with E-state index in [1.807, 2.05) is 20.8 Å². The van der Waals surface area contributed by atoms with E-state index in [0.29, 0.717) is 23.9 Å². The molecule has 164 valence electrons. The molecule has 30 heavy (non-hydrogen) atoms. The van der Waals surface area contributed by atoms with Crippen molar-refractivity contribution >= 4 is 11.7 Å². The fourth-order valence-corrected chi connectivity index (χ4v) is 3.04. The van der Waals surface area contributed by atoms with Crippen molar-refractivity contribution in [1.82, 2.24) is 9.78 Å². The lowest BCUT2D eigenvalue weighted by atomic mass is 9.92. The molecule has 1 fully saturated rings. The van der Waals surface area contributed by atoms with Crippen molar-refractivity contribution in [2.75, 3.05) is 11.9 Å². The van der Waals surface area contributed by atoms with E-state index in [9.17, 15) is 26.7 Å². The summed E-state index contributed by atoms with van der Waals surface area (Å²) in [6, 6.07) is 3.14. The number of aromatic nitrogens is 2. The molecule has 2 atom stereocenters. The molecule has 1 aliphatic rings. The van der Waals surface area contributed by atoms with Crippen LogP contribution in [0.3, 0.4) is 0 Å². The van der Waals surface area contributed by atoms with E-state index in [1.54, 1.807) is 0 Å². The summed E-state index contributed by atoms with van der Waals surface area (Å²) in [5.74, 6) is -2.04. The summed E-state index contributed by atoms with van der Waals surface area (Å²) in [5.41, 5.74) is -1.75. The van der Waals surface area contributed by atoms with Crippen molar-refractivity contribution < 1.29 is 31.5 Å². The average molecular weight is 431 g/mol. The highest BCUT2D eigenvalue weighted by Crippen LogP contribution is 2.31. The predicted molar refractivity (Wildman–Crippen MR) is 99.5 cm³/mol. The van der Waals surface area contributed by atoms with Gasteiger partial charge in [-0.3, -0.25) is 4.79 Å². The smallest absolute Gasteiger partial charge is 0.373 e. The lowest BCUT2D eigenvalue weighted by Gasteiger charge is -2.16. The van der Waals surface area contributed by atoms with Gasteiger partial charge in [0.1, 0.15) is 23.9 Å². The number of amides is 1. The topological polar surface area (TPSA) is 56.2 Å². The number of benzene rings is 1. The van der Waals surface area contributed by atoms with Gasteiger partial charge in [0.15, 0.2) is 0 Å². The fraction of sp³-hybridized carbons (Fsp3) is 0.500. The zero-order valence-corrected chi connectivity index (χ0v) is 16.7. The second kappa shape index (κ2) is 7.98. The average Bonchev–Trinajstić information content (AvgIpc) is 3.21. The molecule has 1 aromatic heterocycles. The van der Waals surface area contributed by atoms with E-state index in [1.165, 1.54) is 10.7 Å². The number of hydrogen-bond acceptors (Lipinski definition) is 3. The zero-order valence-electron chi connectivity index (χ0n) is 16.7. The summed E-state index contributed by atoms with van der Waals surface area (Å²) in [4.78, 5) is 12.6. The van der Waals surface area contributed by atoms with Gasteiger partial charge in [0.25, 0.3) is 5.91 Å². The van der Waals surface area contributed by atoms with Crippen molar-refractivity contribution in [3.05, 3.63) is 46.9 Å². The van der Waals surface area contributed by atoms with E-state index in [2.05, 4.69) is 10.4 Å². The monoisotopic (exact) mass is 431 g/mol. The number of hydrogen-bond donors (Lipinski definition) is 1. The Kier molecular flexibility index (Phi) is 5.90. The summed E-state index contributed by atoms with van der Waals surface area (Å²) in [7, 11) is 0. The van der Waals surface area contributed by atoms with Crippen molar-refractivity contribution in [3.63, 3.8) is 0 Å². The minimum Gasteiger partial charge on any atom is -0.373 e. The van der Waals surface area contributed by atoms with E-state index < -0.39 is 46.7 Å². The van der Waals surface area contributed by atoms with Gasteiger partial charge in [0, 0.05) is 17.9 Å². The van der Waals surface area contributed by atoms with Gasteiger partial charge >= 0.3 is 6.18 Å². The fourth-order valence-electron chi connectivity index (χ4n) is 3.04. The molecule has 5 nitrogen and oxygen atoms in total. The Bertz CT molecular complexity index is 933. The van der Waals surface area contributed by atoms with E-state index in [4.69, 9.17) is 4.74 Å². The summed E-state index contributed by atoms with van der Waals surface area (Å²) in [6.07, 6.45) is -6.44. The number of halogens is 5. The van der Waals surface area contributed by atoms with E-state index in [-0.39, 0.29) is 25.4 Å².